The summed E-state index contributed by atoms with van der Waals surface area (Å²) in [6.07, 6.45) is 0.121. The van der Waals surface area contributed by atoms with Gasteiger partial charge in [0, 0.05) is 10.7 Å². The number of hydrogen-bond acceptors (Lipinski definition) is 4. The molecule has 1 aromatic carbocycles. The SMILES string of the molecule is CCOC(=O)Cc1ccc(S(=O)(=O)Cl)cc1. The van der Waals surface area contributed by atoms with E-state index in [1.807, 2.05) is 0 Å². The molecule has 16 heavy (non-hydrogen) atoms. The molecular weight excluding hydrogens is 252 g/mol. The Balaban J connectivity index is 2.76. The summed E-state index contributed by atoms with van der Waals surface area (Å²) in [5.74, 6) is -0.344. The summed E-state index contributed by atoms with van der Waals surface area (Å²) in [7, 11) is 1.44. The summed E-state index contributed by atoms with van der Waals surface area (Å²) in [6, 6.07) is 5.78. The van der Waals surface area contributed by atoms with Gasteiger partial charge in [-0.3, -0.25) is 4.79 Å². The summed E-state index contributed by atoms with van der Waals surface area (Å²) >= 11 is 0. The van der Waals surface area contributed by atoms with Crippen LogP contribution in [-0.4, -0.2) is 21.0 Å². The van der Waals surface area contributed by atoms with Gasteiger partial charge in [0.05, 0.1) is 17.9 Å². The second-order valence-electron chi connectivity index (χ2n) is 3.06. The topological polar surface area (TPSA) is 60.4 Å². The van der Waals surface area contributed by atoms with E-state index in [1.165, 1.54) is 24.3 Å². The Labute approximate surface area is 98.6 Å². The third-order valence-corrected chi connectivity index (χ3v) is 3.23. The number of esters is 1. The number of hydrogen-bond donors (Lipinski definition) is 0. The molecule has 0 heterocycles. The van der Waals surface area contributed by atoms with E-state index >= 15 is 0 Å². The van der Waals surface area contributed by atoms with Crippen LogP contribution in [0.2, 0.25) is 0 Å². The molecule has 0 fully saturated rings. The van der Waals surface area contributed by atoms with Crippen molar-refractivity contribution in [2.24, 2.45) is 0 Å². The third kappa shape index (κ3) is 3.83. The van der Waals surface area contributed by atoms with Crippen LogP contribution in [0.1, 0.15) is 12.5 Å². The van der Waals surface area contributed by atoms with Crippen LogP contribution in [0.25, 0.3) is 0 Å². The first kappa shape index (κ1) is 13.0. The first-order valence-corrected chi connectivity index (χ1v) is 6.93. The lowest BCUT2D eigenvalue weighted by Gasteiger charge is -2.02. The van der Waals surface area contributed by atoms with E-state index in [0.717, 1.165) is 0 Å². The monoisotopic (exact) mass is 262 g/mol. The zero-order chi connectivity index (χ0) is 12.2. The quantitative estimate of drug-likeness (QED) is 0.612. The molecule has 88 valence electrons. The van der Waals surface area contributed by atoms with Gasteiger partial charge < -0.3 is 4.74 Å². The van der Waals surface area contributed by atoms with Crippen molar-refractivity contribution in [3.05, 3.63) is 29.8 Å². The minimum atomic E-state index is -3.70. The second kappa shape index (κ2) is 5.32. The summed E-state index contributed by atoms with van der Waals surface area (Å²) in [5.41, 5.74) is 0.683. The highest BCUT2D eigenvalue weighted by molar-refractivity contribution is 8.13. The normalized spacial score (nSPS) is 11.1. The maximum absolute atomic E-state index is 11.1. The molecule has 0 unspecified atom stereocenters. The maximum Gasteiger partial charge on any atom is 0.310 e. The van der Waals surface area contributed by atoms with Gasteiger partial charge in [-0.25, -0.2) is 8.42 Å². The van der Waals surface area contributed by atoms with Crippen molar-refractivity contribution in [2.45, 2.75) is 18.2 Å². The van der Waals surface area contributed by atoms with Crippen LogP contribution in [0.4, 0.5) is 0 Å². The molecule has 0 atom stereocenters. The Morgan fingerprint density at radius 3 is 2.31 bits per heavy atom. The van der Waals surface area contributed by atoms with Crippen molar-refractivity contribution in [2.75, 3.05) is 6.61 Å². The Morgan fingerprint density at radius 2 is 1.88 bits per heavy atom. The van der Waals surface area contributed by atoms with Crippen LogP contribution in [-0.2, 0) is 25.0 Å². The molecule has 4 nitrogen and oxygen atoms in total. The zero-order valence-electron chi connectivity index (χ0n) is 8.64. The lowest BCUT2D eigenvalue weighted by molar-refractivity contribution is -0.142. The molecule has 0 aliphatic heterocycles. The fraction of sp³-hybridized carbons (Fsp3) is 0.300. The van der Waals surface area contributed by atoms with Gasteiger partial charge in [-0.2, -0.15) is 0 Å². The molecule has 0 spiro atoms. The second-order valence-corrected chi connectivity index (χ2v) is 5.63. The summed E-state index contributed by atoms with van der Waals surface area (Å²) < 4.78 is 26.6. The standard InChI is InChI=1S/C10H11ClO4S/c1-2-15-10(12)7-8-3-5-9(6-4-8)16(11,13)14/h3-6H,2,7H2,1H3. The molecule has 0 aromatic heterocycles. The largest absolute Gasteiger partial charge is 0.466 e. The average Bonchev–Trinajstić information content (AvgIpc) is 2.17. The molecule has 6 heteroatoms. The molecule has 0 aliphatic rings. The van der Waals surface area contributed by atoms with Crippen LogP contribution in [0.3, 0.4) is 0 Å². The number of rotatable bonds is 4. The maximum atomic E-state index is 11.1. The van der Waals surface area contributed by atoms with Crippen LogP contribution in [0.5, 0.6) is 0 Å². The molecule has 0 saturated heterocycles. The lowest BCUT2D eigenvalue weighted by Crippen LogP contribution is -2.07. The molecule has 0 saturated carbocycles. The summed E-state index contributed by atoms with van der Waals surface area (Å²) in [5, 5.41) is 0. The van der Waals surface area contributed by atoms with Gasteiger partial charge in [-0.1, -0.05) is 12.1 Å². The van der Waals surface area contributed by atoms with Crippen molar-refractivity contribution in [1.29, 1.82) is 0 Å². The van der Waals surface area contributed by atoms with Gasteiger partial charge in [0.2, 0.25) is 0 Å². The fourth-order valence-electron chi connectivity index (χ4n) is 1.15. The van der Waals surface area contributed by atoms with Crippen LogP contribution >= 0.6 is 10.7 Å². The van der Waals surface area contributed by atoms with Crippen molar-refractivity contribution < 1.29 is 17.9 Å². The van der Waals surface area contributed by atoms with Crippen LogP contribution < -0.4 is 0 Å². The fourth-order valence-corrected chi connectivity index (χ4v) is 1.92. The minimum absolute atomic E-state index is 0.0155. The Morgan fingerprint density at radius 1 is 1.31 bits per heavy atom. The Kier molecular flexibility index (Phi) is 4.32. The van der Waals surface area contributed by atoms with Crippen molar-refractivity contribution in [1.82, 2.24) is 0 Å². The predicted octanol–water partition coefficient (Wildman–Crippen LogP) is 1.72. The first-order valence-electron chi connectivity index (χ1n) is 4.62. The number of carbonyl (C=O) groups is 1. The Bertz CT molecular complexity index is 464. The van der Waals surface area contributed by atoms with Crippen LogP contribution in [0.15, 0.2) is 29.2 Å². The van der Waals surface area contributed by atoms with Gasteiger partial charge in [0.25, 0.3) is 9.05 Å². The van der Waals surface area contributed by atoms with E-state index in [9.17, 15) is 13.2 Å². The van der Waals surface area contributed by atoms with Gasteiger partial charge in [0.15, 0.2) is 0 Å². The van der Waals surface area contributed by atoms with Crippen molar-refractivity contribution in [3.63, 3.8) is 0 Å². The van der Waals surface area contributed by atoms with Gasteiger partial charge in [-0.15, -0.1) is 0 Å². The number of ether oxygens (including phenoxy) is 1. The first-order chi connectivity index (χ1) is 7.43. The average molecular weight is 263 g/mol. The van der Waals surface area contributed by atoms with Crippen molar-refractivity contribution >= 4 is 25.7 Å². The zero-order valence-corrected chi connectivity index (χ0v) is 10.2. The van der Waals surface area contributed by atoms with E-state index in [1.54, 1.807) is 6.92 Å². The molecule has 1 rings (SSSR count). The molecule has 1 aromatic rings. The van der Waals surface area contributed by atoms with Gasteiger partial charge in [0.1, 0.15) is 0 Å². The smallest absolute Gasteiger partial charge is 0.310 e. The molecule has 0 N–H and O–H groups in total. The summed E-state index contributed by atoms with van der Waals surface area (Å²) in [6.45, 7) is 2.05. The Hall–Kier alpha value is -1.07. The van der Waals surface area contributed by atoms with Crippen molar-refractivity contribution in [3.8, 4) is 0 Å². The van der Waals surface area contributed by atoms with E-state index < -0.39 is 9.05 Å². The number of carbonyl (C=O) groups excluding carboxylic acids is 1. The highest BCUT2D eigenvalue weighted by atomic mass is 35.7. The molecule has 0 amide bonds. The van der Waals surface area contributed by atoms with E-state index in [0.29, 0.717) is 12.2 Å². The molecule has 0 aliphatic carbocycles. The highest BCUT2D eigenvalue weighted by Crippen LogP contribution is 2.15. The van der Waals surface area contributed by atoms with Crippen LogP contribution in [0, 0.1) is 0 Å². The molecular formula is C10H11ClO4S. The molecule has 0 radical (unpaired) electrons. The van der Waals surface area contributed by atoms with E-state index in [-0.39, 0.29) is 17.3 Å². The lowest BCUT2D eigenvalue weighted by atomic mass is 10.1. The van der Waals surface area contributed by atoms with E-state index in [2.05, 4.69) is 0 Å². The van der Waals surface area contributed by atoms with Gasteiger partial charge >= 0.3 is 5.97 Å². The summed E-state index contributed by atoms with van der Waals surface area (Å²) in [4.78, 5) is 11.1. The highest BCUT2D eigenvalue weighted by Gasteiger charge is 2.10. The number of benzene rings is 1. The van der Waals surface area contributed by atoms with Gasteiger partial charge in [-0.05, 0) is 24.6 Å². The number of halogens is 1. The third-order valence-electron chi connectivity index (χ3n) is 1.86. The molecule has 0 bridgehead atoms. The minimum Gasteiger partial charge on any atom is -0.466 e. The predicted molar refractivity (Wildman–Crippen MR) is 59.8 cm³/mol. The van der Waals surface area contributed by atoms with E-state index in [4.69, 9.17) is 15.4 Å².